The summed E-state index contributed by atoms with van der Waals surface area (Å²) < 4.78 is 31.0. The van der Waals surface area contributed by atoms with Gasteiger partial charge in [-0.25, -0.2) is 13.6 Å². The summed E-state index contributed by atoms with van der Waals surface area (Å²) in [5.41, 5.74) is 3.64. The predicted octanol–water partition coefficient (Wildman–Crippen LogP) is 1.58. The number of hydrogen-bond acceptors (Lipinski definition) is 4. The van der Waals surface area contributed by atoms with Crippen LogP contribution in [-0.2, 0) is 9.53 Å². The Morgan fingerprint density at radius 3 is 2.42 bits per heavy atom. The average Bonchev–Trinajstić information content (AvgIpc) is 2.58. The summed E-state index contributed by atoms with van der Waals surface area (Å²) >= 11 is 0. The summed E-state index contributed by atoms with van der Waals surface area (Å²) in [6.07, 6.45) is 0. The van der Waals surface area contributed by atoms with Crippen LogP contribution < -0.4 is 10.9 Å². The SMILES string of the molecule is O=C(COC(=O)c1cccc(F)c1)NNC(=O)c1ccccc1F. The van der Waals surface area contributed by atoms with E-state index in [1.54, 1.807) is 0 Å². The van der Waals surface area contributed by atoms with E-state index in [1.165, 1.54) is 30.3 Å². The third kappa shape index (κ3) is 4.60. The zero-order chi connectivity index (χ0) is 17.5. The van der Waals surface area contributed by atoms with Crippen LogP contribution in [0.4, 0.5) is 8.78 Å². The van der Waals surface area contributed by atoms with Crippen molar-refractivity contribution in [2.75, 3.05) is 6.61 Å². The Kier molecular flexibility index (Phi) is 5.56. The first kappa shape index (κ1) is 17.1. The molecule has 0 bridgehead atoms. The Morgan fingerprint density at radius 2 is 1.71 bits per heavy atom. The van der Waals surface area contributed by atoms with E-state index in [4.69, 9.17) is 0 Å². The molecule has 2 aromatic carbocycles. The lowest BCUT2D eigenvalue weighted by Crippen LogP contribution is -2.43. The van der Waals surface area contributed by atoms with Gasteiger partial charge >= 0.3 is 5.97 Å². The number of carbonyl (C=O) groups excluding carboxylic acids is 3. The second kappa shape index (κ2) is 7.82. The number of carbonyl (C=O) groups is 3. The zero-order valence-corrected chi connectivity index (χ0v) is 12.2. The lowest BCUT2D eigenvalue weighted by atomic mass is 10.2. The summed E-state index contributed by atoms with van der Waals surface area (Å²) in [5.74, 6) is -3.97. The molecule has 6 nitrogen and oxygen atoms in total. The molecule has 2 amide bonds. The first-order valence-electron chi connectivity index (χ1n) is 6.74. The lowest BCUT2D eigenvalue weighted by molar-refractivity contribution is -0.125. The first-order valence-corrected chi connectivity index (χ1v) is 6.74. The minimum absolute atomic E-state index is 0.0572. The number of hydrogen-bond donors (Lipinski definition) is 2. The van der Waals surface area contributed by atoms with Gasteiger partial charge in [0.1, 0.15) is 11.6 Å². The number of rotatable bonds is 4. The van der Waals surface area contributed by atoms with Gasteiger partial charge in [-0.1, -0.05) is 18.2 Å². The van der Waals surface area contributed by atoms with Crippen LogP contribution in [0.1, 0.15) is 20.7 Å². The highest BCUT2D eigenvalue weighted by atomic mass is 19.1. The monoisotopic (exact) mass is 334 g/mol. The number of hydrazine groups is 1. The van der Waals surface area contributed by atoms with Crippen LogP contribution in [0.25, 0.3) is 0 Å². The van der Waals surface area contributed by atoms with E-state index in [1.807, 2.05) is 10.9 Å². The van der Waals surface area contributed by atoms with Crippen molar-refractivity contribution in [2.24, 2.45) is 0 Å². The van der Waals surface area contributed by atoms with E-state index >= 15 is 0 Å². The van der Waals surface area contributed by atoms with Gasteiger partial charge in [0.15, 0.2) is 6.61 Å². The molecule has 0 heterocycles. The Bertz CT molecular complexity index is 780. The maximum atomic E-state index is 13.4. The normalized spacial score (nSPS) is 9.92. The molecule has 0 radical (unpaired) electrons. The number of ether oxygens (including phenoxy) is 1. The molecular formula is C16H12F2N2O4. The van der Waals surface area contributed by atoms with Crippen molar-refractivity contribution in [3.63, 3.8) is 0 Å². The molecular weight excluding hydrogens is 322 g/mol. The second-order valence-electron chi connectivity index (χ2n) is 4.57. The first-order chi connectivity index (χ1) is 11.5. The maximum absolute atomic E-state index is 13.4. The third-order valence-electron chi connectivity index (χ3n) is 2.83. The van der Waals surface area contributed by atoms with Gasteiger partial charge in [0, 0.05) is 0 Å². The van der Waals surface area contributed by atoms with Crippen molar-refractivity contribution in [2.45, 2.75) is 0 Å². The van der Waals surface area contributed by atoms with Crippen LogP contribution >= 0.6 is 0 Å². The Morgan fingerprint density at radius 1 is 0.958 bits per heavy atom. The molecule has 0 aromatic heterocycles. The fourth-order valence-electron chi connectivity index (χ4n) is 1.71. The van der Waals surface area contributed by atoms with E-state index in [0.29, 0.717) is 0 Å². The minimum atomic E-state index is -0.898. The summed E-state index contributed by atoms with van der Waals surface area (Å²) in [6, 6.07) is 9.96. The summed E-state index contributed by atoms with van der Waals surface area (Å²) in [5, 5.41) is 0. The molecule has 0 saturated carbocycles. The van der Waals surface area contributed by atoms with Gasteiger partial charge in [-0.05, 0) is 30.3 Å². The van der Waals surface area contributed by atoms with Gasteiger partial charge in [-0.15, -0.1) is 0 Å². The average molecular weight is 334 g/mol. The highest BCUT2D eigenvalue weighted by Crippen LogP contribution is 2.06. The number of amides is 2. The fraction of sp³-hybridized carbons (Fsp3) is 0.0625. The Hall–Kier alpha value is -3.29. The van der Waals surface area contributed by atoms with E-state index in [2.05, 4.69) is 4.74 Å². The van der Waals surface area contributed by atoms with Crippen molar-refractivity contribution >= 4 is 17.8 Å². The van der Waals surface area contributed by atoms with Crippen LogP contribution in [0.5, 0.6) is 0 Å². The van der Waals surface area contributed by atoms with E-state index in [9.17, 15) is 23.2 Å². The van der Waals surface area contributed by atoms with Crippen molar-refractivity contribution in [1.29, 1.82) is 0 Å². The van der Waals surface area contributed by atoms with E-state index in [-0.39, 0.29) is 11.1 Å². The Balaban J connectivity index is 1.80. The quantitative estimate of drug-likeness (QED) is 0.657. The largest absolute Gasteiger partial charge is 0.452 e. The molecule has 24 heavy (non-hydrogen) atoms. The van der Waals surface area contributed by atoms with Gasteiger partial charge in [-0.2, -0.15) is 0 Å². The van der Waals surface area contributed by atoms with E-state index < -0.39 is 36.0 Å². The molecule has 0 aliphatic carbocycles. The number of benzene rings is 2. The number of halogens is 2. The molecule has 0 spiro atoms. The van der Waals surface area contributed by atoms with Crippen molar-refractivity contribution in [3.8, 4) is 0 Å². The zero-order valence-electron chi connectivity index (χ0n) is 12.2. The highest BCUT2D eigenvalue weighted by molar-refractivity contribution is 5.96. The standard InChI is InChI=1S/C16H12F2N2O4/c17-11-5-3-4-10(8-11)16(23)24-9-14(21)19-20-15(22)12-6-1-2-7-13(12)18/h1-8H,9H2,(H,19,21)(H,20,22). The van der Waals surface area contributed by atoms with Crippen LogP contribution in [0.3, 0.4) is 0 Å². The van der Waals surface area contributed by atoms with Crippen molar-refractivity contribution < 1.29 is 27.9 Å². The molecule has 2 rings (SSSR count). The molecule has 0 atom stereocenters. The topological polar surface area (TPSA) is 84.5 Å². The summed E-state index contributed by atoms with van der Waals surface area (Å²) in [6.45, 7) is -0.701. The van der Waals surface area contributed by atoms with Crippen molar-refractivity contribution in [3.05, 3.63) is 71.3 Å². The van der Waals surface area contributed by atoms with Crippen LogP contribution in [-0.4, -0.2) is 24.4 Å². The van der Waals surface area contributed by atoms with Gasteiger partial charge in [0.05, 0.1) is 11.1 Å². The molecule has 0 saturated heterocycles. The molecule has 0 aliphatic rings. The van der Waals surface area contributed by atoms with Gasteiger partial charge in [0.25, 0.3) is 11.8 Å². The minimum Gasteiger partial charge on any atom is -0.452 e. The predicted molar refractivity (Wildman–Crippen MR) is 78.7 cm³/mol. The molecule has 0 unspecified atom stereocenters. The summed E-state index contributed by atoms with van der Waals surface area (Å²) in [4.78, 5) is 34.7. The smallest absolute Gasteiger partial charge is 0.338 e. The molecule has 0 fully saturated rings. The lowest BCUT2D eigenvalue weighted by Gasteiger charge is -2.08. The Labute approximate surface area is 135 Å². The van der Waals surface area contributed by atoms with Gasteiger partial charge in [0.2, 0.25) is 0 Å². The number of esters is 1. The molecule has 2 aromatic rings. The van der Waals surface area contributed by atoms with Crippen molar-refractivity contribution in [1.82, 2.24) is 10.9 Å². The van der Waals surface area contributed by atoms with Crippen LogP contribution in [0.2, 0.25) is 0 Å². The van der Waals surface area contributed by atoms with Crippen LogP contribution in [0.15, 0.2) is 48.5 Å². The highest BCUT2D eigenvalue weighted by Gasteiger charge is 2.13. The maximum Gasteiger partial charge on any atom is 0.338 e. The third-order valence-corrected chi connectivity index (χ3v) is 2.83. The number of nitrogens with one attached hydrogen (secondary N) is 2. The molecule has 0 aliphatic heterocycles. The molecule has 2 N–H and O–H groups in total. The summed E-state index contributed by atoms with van der Waals surface area (Å²) in [7, 11) is 0. The molecule has 124 valence electrons. The molecule has 8 heteroatoms. The van der Waals surface area contributed by atoms with Gasteiger partial charge in [-0.3, -0.25) is 20.4 Å². The van der Waals surface area contributed by atoms with E-state index in [0.717, 1.165) is 18.2 Å². The van der Waals surface area contributed by atoms with Crippen LogP contribution in [0, 0.1) is 11.6 Å². The van der Waals surface area contributed by atoms with Gasteiger partial charge < -0.3 is 4.74 Å². The fourth-order valence-corrected chi connectivity index (χ4v) is 1.71. The second-order valence-corrected chi connectivity index (χ2v) is 4.57.